The highest BCUT2D eigenvalue weighted by atomic mass is 79.9. The third-order valence-corrected chi connectivity index (χ3v) is 4.12. The van der Waals surface area contributed by atoms with Gasteiger partial charge in [-0.15, -0.1) is 0 Å². The number of Topliss-reactive ketones (excluding diaryl/α,β-unsaturated/α-hetero) is 1. The van der Waals surface area contributed by atoms with Gasteiger partial charge in [0.2, 0.25) is 0 Å². The van der Waals surface area contributed by atoms with E-state index in [1.165, 1.54) is 5.56 Å². The van der Waals surface area contributed by atoms with Crippen LogP contribution in [0.2, 0.25) is 0 Å². The van der Waals surface area contributed by atoms with Crippen LogP contribution in [0, 0.1) is 0 Å². The zero-order chi connectivity index (χ0) is 15.4. The summed E-state index contributed by atoms with van der Waals surface area (Å²) in [6.07, 6.45) is 4.91. The molecule has 2 aromatic carbocycles. The first kappa shape index (κ1) is 14.8. The summed E-state index contributed by atoms with van der Waals surface area (Å²) < 4.78 is 0.997. The van der Waals surface area contributed by atoms with E-state index in [0.717, 1.165) is 27.6 Å². The van der Waals surface area contributed by atoms with Crippen LogP contribution in [0.4, 0.5) is 0 Å². The number of aromatic nitrogens is 1. The van der Waals surface area contributed by atoms with Crippen molar-refractivity contribution >= 4 is 21.7 Å². The van der Waals surface area contributed by atoms with Crippen LogP contribution in [0.3, 0.4) is 0 Å². The van der Waals surface area contributed by atoms with E-state index in [0.29, 0.717) is 6.42 Å². The minimum Gasteiger partial charge on any atom is -0.367 e. The van der Waals surface area contributed by atoms with E-state index in [4.69, 9.17) is 0 Å². The standard InChI is InChI=1S/C19H16BrNO/c20-17-8-4-7-15(10-17)11-19(22)18-13-21-12-16(18)9-14-5-2-1-3-6-14/h1-8,10,12-13,21H,9,11H2. The molecule has 0 bridgehead atoms. The third-order valence-electron chi connectivity index (χ3n) is 3.62. The van der Waals surface area contributed by atoms with Crippen molar-refractivity contribution in [3.8, 4) is 0 Å². The first-order valence-corrected chi connectivity index (χ1v) is 7.99. The van der Waals surface area contributed by atoms with E-state index in [-0.39, 0.29) is 5.78 Å². The molecule has 0 saturated carbocycles. The second-order valence-corrected chi connectivity index (χ2v) is 6.20. The number of rotatable bonds is 5. The number of H-pyrrole nitrogens is 1. The summed E-state index contributed by atoms with van der Waals surface area (Å²) in [4.78, 5) is 15.6. The predicted molar refractivity (Wildman–Crippen MR) is 92.2 cm³/mol. The van der Waals surface area contributed by atoms with Crippen LogP contribution >= 0.6 is 15.9 Å². The fraction of sp³-hybridized carbons (Fsp3) is 0.105. The topological polar surface area (TPSA) is 32.9 Å². The summed E-state index contributed by atoms with van der Waals surface area (Å²) in [5, 5.41) is 0. The Labute approximate surface area is 138 Å². The van der Waals surface area contributed by atoms with Gasteiger partial charge in [-0.1, -0.05) is 58.4 Å². The van der Waals surface area contributed by atoms with Gasteiger partial charge < -0.3 is 4.98 Å². The lowest BCUT2D eigenvalue weighted by atomic mass is 9.98. The van der Waals surface area contributed by atoms with E-state index in [1.54, 1.807) is 6.20 Å². The van der Waals surface area contributed by atoms with E-state index in [9.17, 15) is 4.79 Å². The third kappa shape index (κ3) is 3.55. The predicted octanol–water partition coefficient (Wildman–Crippen LogP) is 4.79. The van der Waals surface area contributed by atoms with Crippen molar-refractivity contribution in [2.45, 2.75) is 12.8 Å². The average molecular weight is 354 g/mol. The number of benzene rings is 2. The first-order chi connectivity index (χ1) is 10.7. The zero-order valence-corrected chi connectivity index (χ0v) is 13.6. The molecule has 2 nitrogen and oxygen atoms in total. The molecule has 1 aromatic heterocycles. The molecule has 3 aromatic rings. The molecule has 0 amide bonds. The molecule has 3 heteroatoms. The maximum absolute atomic E-state index is 12.6. The van der Waals surface area contributed by atoms with E-state index in [2.05, 4.69) is 33.0 Å². The summed E-state index contributed by atoms with van der Waals surface area (Å²) in [5.41, 5.74) is 4.06. The first-order valence-electron chi connectivity index (χ1n) is 7.19. The molecule has 0 fully saturated rings. The van der Waals surface area contributed by atoms with Crippen molar-refractivity contribution in [3.05, 3.63) is 93.7 Å². The Hall–Kier alpha value is -2.13. The molecule has 22 heavy (non-hydrogen) atoms. The molecule has 0 spiro atoms. The summed E-state index contributed by atoms with van der Waals surface area (Å²) in [6, 6.07) is 18.1. The summed E-state index contributed by atoms with van der Waals surface area (Å²) in [7, 11) is 0. The highest BCUT2D eigenvalue weighted by molar-refractivity contribution is 9.10. The molecule has 1 N–H and O–H groups in total. The molecule has 3 rings (SSSR count). The second-order valence-electron chi connectivity index (χ2n) is 5.29. The van der Waals surface area contributed by atoms with Gasteiger partial charge in [0, 0.05) is 28.9 Å². The molecule has 0 aliphatic rings. The van der Waals surface area contributed by atoms with Crippen LogP contribution in [-0.4, -0.2) is 10.8 Å². The van der Waals surface area contributed by atoms with Crippen molar-refractivity contribution in [3.63, 3.8) is 0 Å². The van der Waals surface area contributed by atoms with Crippen molar-refractivity contribution in [1.29, 1.82) is 0 Å². The highest BCUT2D eigenvalue weighted by Gasteiger charge is 2.13. The number of hydrogen-bond acceptors (Lipinski definition) is 1. The van der Waals surface area contributed by atoms with Crippen LogP contribution in [0.25, 0.3) is 0 Å². The second kappa shape index (κ2) is 6.75. The normalized spacial score (nSPS) is 10.6. The van der Waals surface area contributed by atoms with E-state index >= 15 is 0 Å². The van der Waals surface area contributed by atoms with Gasteiger partial charge in [0.1, 0.15) is 0 Å². The quantitative estimate of drug-likeness (QED) is 0.657. The van der Waals surface area contributed by atoms with Gasteiger partial charge >= 0.3 is 0 Å². The monoisotopic (exact) mass is 353 g/mol. The maximum atomic E-state index is 12.6. The Kier molecular flexibility index (Phi) is 4.54. The fourth-order valence-electron chi connectivity index (χ4n) is 2.55. The average Bonchev–Trinajstić information content (AvgIpc) is 2.96. The van der Waals surface area contributed by atoms with Crippen LogP contribution in [0.1, 0.15) is 27.0 Å². The molecule has 0 saturated heterocycles. The maximum Gasteiger partial charge on any atom is 0.169 e. The Morgan fingerprint density at radius 2 is 1.73 bits per heavy atom. The number of nitrogens with one attached hydrogen (secondary N) is 1. The van der Waals surface area contributed by atoms with Crippen LogP contribution in [0.5, 0.6) is 0 Å². The Balaban J connectivity index is 1.78. The lowest BCUT2D eigenvalue weighted by Crippen LogP contribution is -2.05. The highest BCUT2D eigenvalue weighted by Crippen LogP contribution is 2.18. The van der Waals surface area contributed by atoms with Crippen LogP contribution in [0.15, 0.2) is 71.5 Å². The number of hydrogen-bond donors (Lipinski definition) is 1. The number of aromatic amines is 1. The van der Waals surface area contributed by atoms with E-state index < -0.39 is 0 Å². The SMILES string of the molecule is O=C(Cc1cccc(Br)c1)c1c[nH]cc1Cc1ccccc1. The van der Waals surface area contributed by atoms with Gasteiger partial charge in [-0.3, -0.25) is 4.79 Å². The van der Waals surface area contributed by atoms with E-state index in [1.807, 2.05) is 48.7 Å². The summed E-state index contributed by atoms with van der Waals surface area (Å²) in [6.45, 7) is 0. The zero-order valence-electron chi connectivity index (χ0n) is 12.1. The lowest BCUT2D eigenvalue weighted by molar-refractivity contribution is 0.0992. The largest absolute Gasteiger partial charge is 0.367 e. The van der Waals surface area contributed by atoms with Crippen molar-refractivity contribution in [1.82, 2.24) is 4.98 Å². The molecule has 110 valence electrons. The van der Waals surface area contributed by atoms with Gasteiger partial charge in [0.15, 0.2) is 5.78 Å². The number of halogens is 1. The van der Waals surface area contributed by atoms with Gasteiger partial charge in [0.05, 0.1) is 0 Å². The molecule has 0 unspecified atom stereocenters. The molecule has 0 radical (unpaired) electrons. The summed E-state index contributed by atoms with van der Waals surface area (Å²) in [5.74, 6) is 0.144. The summed E-state index contributed by atoms with van der Waals surface area (Å²) >= 11 is 3.44. The number of carbonyl (C=O) groups is 1. The van der Waals surface area contributed by atoms with Gasteiger partial charge in [-0.25, -0.2) is 0 Å². The van der Waals surface area contributed by atoms with Gasteiger partial charge in [0.25, 0.3) is 0 Å². The molecular formula is C19H16BrNO. The van der Waals surface area contributed by atoms with Crippen molar-refractivity contribution in [2.75, 3.05) is 0 Å². The number of ketones is 1. The van der Waals surface area contributed by atoms with Crippen LogP contribution < -0.4 is 0 Å². The lowest BCUT2D eigenvalue weighted by Gasteiger charge is -2.05. The molecule has 1 heterocycles. The van der Waals surface area contributed by atoms with Gasteiger partial charge in [-0.05, 0) is 35.2 Å². The number of carbonyl (C=O) groups excluding carboxylic acids is 1. The molecule has 0 aliphatic carbocycles. The molecule has 0 atom stereocenters. The molecule has 0 aliphatic heterocycles. The Bertz CT molecular complexity index is 777. The minimum absolute atomic E-state index is 0.144. The Morgan fingerprint density at radius 1 is 0.955 bits per heavy atom. The Morgan fingerprint density at radius 3 is 2.50 bits per heavy atom. The minimum atomic E-state index is 0.144. The van der Waals surface area contributed by atoms with Crippen molar-refractivity contribution < 1.29 is 4.79 Å². The van der Waals surface area contributed by atoms with Crippen molar-refractivity contribution in [2.24, 2.45) is 0 Å². The van der Waals surface area contributed by atoms with Gasteiger partial charge in [-0.2, -0.15) is 0 Å². The molecular weight excluding hydrogens is 338 g/mol. The fourth-order valence-corrected chi connectivity index (χ4v) is 2.99. The van der Waals surface area contributed by atoms with Crippen LogP contribution in [-0.2, 0) is 12.8 Å². The smallest absolute Gasteiger partial charge is 0.169 e.